The summed E-state index contributed by atoms with van der Waals surface area (Å²) in [5.41, 5.74) is 2.20. The molecule has 1 aromatic rings. The summed E-state index contributed by atoms with van der Waals surface area (Å²) >= 11 is 0. The zero-order valence-electron chi connectivity index (χ0n) is 10.4. The smallest absolute Gasteiger partial charge is 0.0135 e. The van der Waals surface area contributed by atoms with Crippen molar-refractivity contribution in [2.45, 2.75) is 49.8 Å². The van der Waals surface area contributed by atoms with Gasteiger partial charge in [-0.25, -0.2) is 0 Å². The highest BCUT2D eigenvalue weighted by Gasteiger charge is 2.53. The molecule has 1 heteroatoms. The van der Waals surface area contributed by atoms with E-state index in [0.717, 1.165) is 23.2 Å². The maximum Gasteiger partial charge on any atom is -0.0135 e. The molecule has 0 aromatic heterocycles. The molecule has 0 bridgehead atoms. The van der Waals surface area contributed by atoms with Gasteiger partial charge in [0.15, 0.2) is 0 Å². The summed E-state index contributed by atoms with van der Waals surface area (Å²) in [7, 11) is 0.179. The van der Waals surface area contributed by atoms with Gasteiger partial charge in [0.2, 0.25) is 0 Å². The van der Waals surface area contributed by atoms with E-state index in [1.165, 1.54) is 25.7 Å². The molecule has 1 heterocycles. The molecule has 3 fully saturated rings. The van der Waals surface area contributed by atoms with Crippen molar-refractivity contribution in [2.24, 2.45) is 11.8 Å². The molecule has 0 spiro atoms. The van der Waals surface area contributed by atoms with E-state index in [2.05, 4.69) is 30.3 Å². The van der Waals surface area contributed by atoms with Crippen molar-refractivity contribution in [2.75, 3.05) is 0 Å². The van der Waals surface area contributed by atoms with Crippen molar-refractivity contribution in [3.05, 3.63) is 30.3 Å². The lowest BCUT2D eigenvalue weighted by atomic mass is 9.90. The van der Waals surface area contributed by atoms with E-state index >= 15 is 0 Å². The molecule has 4 unspecified atom stereocenters. The molecular weight excluding hydrogens is 223 g/mol. The summed E-state index contributed by atoms with van der Waals surface area (Å²) in [6.45, 7) is 0. The Labute approximate surface area is 106 Å². The minimum Gasteiger partial charge on any atom is -0.0684 e. The predicted octanol–water partition coefficient (Wildman–Crippen LogP) is 4.14. The van der Waals surface area contributed by atoms with Crippen LogP contribution in [0.1, 0.15) is 38.5 Å². The topological polar surface area (TPSA) is 0 Å². The first kappa shape index (κ1) is 10.6. The van der Waals surface area contributed by atoms with Crippen molar-refractivity contribution in [1.82, 2.24) is 0 Å². The standard InChI is InChI=1S/C16H21P/c1-2-6-12(7-3-1)17-15-10-4-8-13(15)14-9-5-11-16(14)17/h1-3,6-7,13-16H,4-5,8-11H2. The lowest BCUT2D eigenvalue weighted by Crippen LogP contribution is -2.14. The second-order valence-electron chi connectivity index (χ2n) is 6.07. The maximum atomic E-state index is 2.42. The van der Waals surface area contributed by atoms with Gasteiger partial charge in [-0.05, 0) is 54.1 Å². The van der Waals surface area contributed by atoms with Gasteiger partial charge in [-0.15, -0.1) is 0 Å². The van der Waals surface area contributed by atoms with Crippen LogP contribution in [0.3, 0.4) is 0 Å². The third-order valence-corrected chi connectivity index (χ3v) is 8.99. The fraction of sp³-hybridized carbons (Fsp3) is 0.625. The van der Waals surface area contributed by atoms with Crippen molar-refractivity contribution in [3.8, 4) is 0 Å². The lowest BCUT2D eigenvalue weighted by Gasteiger charge is -2.24. The Kier molecular flexibility index (Phi) is 2.54. The van der Waals surface area contributed by atoms with Crippen molar-refractivity contribution >= 4 is 13.2 Å². The first-order valence-corrected chi connectivity index (χ1v) is 8.76. The Morgan fingerprint density at radius 3 is 1.94 bits per heavy atom. The molecule has 4 rings (SSSR count). The first-order valence-electron chi connectivity index (χ1n) is 7.28. The maximum absolute atomic E-state index is 2.42. The molecule has 1 aromatic carbocycles. The summed E-state index contributed by atoms with van der Waals surface area (Å²) in [6.07, 6.45) is 9.22. The van der Waals surface area contributed by atoms with Crippen LogP contribution in [0.25, 0.3) is 0 Å². The molecule has 17 heavy (non-hydrogen) atoms. The van der Waals surface area contributed by atoms with E-state index in [1.807, 2.05) is 0 Å². The molecule has 0 amide bonds. The van der Waals surface area contributed by atoms with Gasteiger partial charge < -0.3 is 0 Å². The largest absolute Gasteiger partial charge is 0.0684 e. The van der Waals surface area contributed by atoms with E-state index < -0.39 is 0 Å². The van der Waals surface area contributed by atoms with Crippen LogP contribution in [0, 0.1) is 11.8 Å². The van der Waals surface area contributed by atoms with Gasteiger partial charge in [0.05, 0.1) is 0 Å². The van der Waals surface area contributed by atoms with E-state index in [-0.39, 0.29) is 7.92 Å². The van der Waals surface area contributed by atoms with Crippen LogP contribution < -0.4 is 5.30 Å². The quantitative estimate of drug-likeness (QED) is 0.651. The van der Waals surface area contributed by atoms with Gasteiger partial charge in [0.25, 0.3) is 0 Å². The average Bonchev–Trinajstić information content (AvgIpc) is 3.01. The molecular formula is C16H21P. The highest BCUT2D eigenvalue weighted by Crippen LogP contribution is 2.68. The molecule has 2 aliphatic carbocycles. The number of hydrogen-bond donors (Lipinski definition) is 0. The van der Waals surface area contributed by atoms with Crippen molar-refractivity contribution < 1.29 is 0 Å². The van der Waals surface area contributed by atoms with Crippen LogP contribution in [0.2, 0.25) is 0 Å². The van der Waals surface area contributed by atoms with Crippen molar-refractivity contribution in [3.63, 3.8) is 0 Å². The third-order valence-electron chi connectivity index (χ3n) is 5.38. The number of hydrogen-bond acceptors (Lipinski definition) is 0. The summed E-state index contributed by atoms with van der Waals surface area (Å²) in [6, 6.07) is 11.5. The molecule has 4 atom stereocenters. The molecule has 90 valence electrons. The Morgan fingerprint density at radius 2 is 1.35 bits per heavy atom. The Balaban J connectivity index is 1.73. The Morgan fingerprint density at radius 1 is 0.765 bits per heavy atom. The van der Waals surface area contributed by atoms with Crippen molar-refractivity contribution in [1.29, 1.82) is 0 Å². The Bertz CT molecular complexity index is 379. The van der Waals surface area contributed by atoms with Crippen LogP contribution in [0.5, 0.6) is 0 Å². The molecule has 0 radical (unpaired) electrons. The number of benzene rings is 1. The summed E-state index contributed by atoms with van der Waals surface area (Å²) in [4.78, 5) is 0. The molecule has 2 saturated carbocycles. The van der Waals surface area contributed by atoms with E-state index in [0.29, 0.717) is 0 Å². The minimum atomic E-state index is 0.179. The highest BCUT2D eigenvalue weighted by molar-refractivity contribution is 7.67. The number of rotatable bonds is 1. The summed E-state index contributed by atoms with van der Waals surface area (Å²) in [5, 5.41) is 1.72. The SMILES string of the molecule is c1ccc(P2C3CCCC3C3CCCC32)cc1. The number of fused-ring (bicyclic) bond motifs is 3. The summed E-state index contributed by atoms with van der Waals surface area (Å²) in [5.74, 6) is 2.24. The summed E-state index contributed by atoms with van der Waals surface area (Å²) < 4.78 is 0. The van der Waals surface area contributed by atoms with Gasteiger partial charge in [-0.3, -0.25) is 0 Å². The fourth-order valence-electron chi connectivity index (χ4n) is 4.86. The second-order valence-corrected chi connectivity index (χ2v) is 8.72. The van der Waals surface area contributed by atoms with Crippen LogP contribution in [-0.4, -0.2) is 11.3 Å². The highest BCUT2D eigenvalue weighted by atomic mass is 31.1. The van der Waals surface area contributed by atoms with Gasteiger partial charge in [0.1, 0.15) is 0 Å². The molecule has 0 nitrogen and oxygen atoms in total. The normalized spacial score (nSPS) is 43.6. The van der Waals surface area contributed by atoms with E-state index in [4.69, 9.17) is 0 Å². The van der Waals surface area contributed by atoms with E-state index in [9.17, 15) is 0 Å². The molecule has 1 aliphatic heterocycles. The Hall–Kier alpha value is -0.350. The zero-order chi connectivity index (χ0) is 11.2. The van der Waals surface area contributed by atoms with Gasteiger partial charge >= 0.3 is 0 Å². The van der Waals surface area contributed by atoms with Crippen LogP contribution >= 0.6 is 7.92 Å². The second kappa shape index (κ2) is 4.09. The zero-order valence-corrected chi connectivity index (χ0v) is 11.3. The van der Waals surface area contributed by atoms with Gasteiger partial charge in [0, 0.05) is 0 Å². The van der Waals surface area contributed by atoms with Gasteiger partial charge in [-0.2, -0.15) is 0 Å². The van der Waals surface area contributed by atoms with Crippen LogP contribution in [-0.2, 0) is 0 Å². The van der Waals surface area contributed by atoms with Gasteiger partial charge in [-0.1, -0.05) is 51.1 Å². The molecule has 3 aliphatic rings. The average molecular weight is 244 g/mol. The van der Waals surface area contributed by atoms with Crippen LogP contribution in [0.15, 0.2) is 30.3 Å². The van der Waals surface area contributed by atoms with Crippen LogP contribution in [0.4, 0.5) is 0 Å². The lowest BCUT2D eigenvalue weighted by molar-refractivity contribution is 0.384. The fourth-order valence-corrected chi connectivity index (χ4v) is 9.12. The minimum absolute atomic E-state index is 0.179. The van der Waals surface area contributed by atoms with E-state index in [1.54, 1.807) is 18.1 Å². The molecule has 0 N–H and O–H groups in total. The monoisotopic (exact) mass is 244 g/mol. The predicted molar refractivity (Wildman–Crippen MR) is 75.3 cm³/mol. The third kappa shape index (κ3) is 1.53. The molecule has 1 saturated heterocycles. The first-order chi connectivity index (χ1) is 8.45.